The summed E-state index contributed by atoms with van der Waals surface area (Å²) in [5.41, 5.74) is 5.21. The summed E-state index contributed by atoms with van der Waals surface area (Å²) in [5, 5.41) is 0.904. The van der Waals surface area contributed by atoms with Gasteiger partial charge in [0.25, 0.3) is 0 Å². The van der Waals surface area contributed by atoms with Crippen LogP contribution in [0.15, 0.2) is 113 Å². The highest BCUT2D eigenvalue weighted by Gasteiger charge is 2.38. The van der Waals surface area contributed by atoms with Crippen LogP contribution in [0, 0.1) is 13.8 Å². The second kappa shape index (κ2) is 15.0. The molecule has 0 aromatic heterocycles. The molecule has 0 amide bonds. The van der Waals surface area contributed by atoms with Gasteiger partial charge >= 0.3 is 0 Å². The Balaban J connectivity index is 1.25. The van der Waals surface area contributed by atoms with Crippen molar-refractivity contribution in [2.75, 3.05) is 33.4 Å². The molecule has 0 aliphatic carbocycles. The Morgan fingerprint density at radius 3 is 1.80 bits per heavy atom. The monoisotopic (exact) mass is 583 g/mol. The Morgan fingerprint density at radius 1 is 0.683 bits per heavy atom. The zero-order valence-electron chi connectivity index (χ0n) is 24.4. The van der Waals surface area contributed by atoms with Crippen LogP contribution in [0.3, 0.4) is 0 Å². The zero-order valence-corrected chi connectivity index (χ0v) is 26.0. The maximum absolute atomic E-state index is 6.09. The van der Waals surface area contributed by atoms with Gasteiger partial charge < -0.3 is 14.4 Å². The summed E-state index contributed by atoms with van der Waals surface area (Å²) in [7, 11) is 2.27. The van der Waals surface area contributed by atoms with Crippen molar-refractivity contribution >= 4 is 23.5 Å². The molecule has 1 fully saturated rings. The fraction of sp³-hybridized carbons (Fsp3) is 0.333. The third-order valence-electron chi connectivity index (χ3n) is 7.48. The van der Waals surface area contributed by atoms with E-state index in [1.807, 2.05) is 41.7 Å². The van der Waals surface area contributed by atoms with Crippen molar-refractivity contribution < 1.29 is 9.47 Å². The summed E-state index contributed by atoms with van der Waals surface area (Å²) in [6.45, 7) is 8.43. The molecule has 41 heavy (non-hydrogen) atoms. The molecule has 4 aromatic rings. The first-order valence-electron chi connectivity index (χ1n) is 14.5. The van der Waals surface area contributed by atoms with Crippen molar-refractivity contribution in [2.45, 2.75) is 53.1 Å². The van der Waals surface area contributed by atoms with Crippen molar-refractivity contribution in [2.24, 2.45) is 0 Å². The molecule has 214 valence electrons. The van der Waals surface area contributed by atoms with Crippen molar-refractivity contribution in [1.29, 1.82) is 0 Å². The highest BCUT2D eigenvalue weighted by atomic mass is 32.2. The first-order valence-corrected chi connectivity index (χ1v) is 16.3. The molecule has 0 saturated carbocycles. The highest BCUT2D eigenvalue weighted by molar-refractivity contribution is 8.01. The normalized spacial score (nSPS) is 19.2. The van der Waals surface area contributed by atoms with Gasteiger partial charge in [0.15, 0.2) is 0 Å². The van der Waals surface area contributed by atoms with Crippen LogP contribution < -0.4 is 4.74 Å². The SMILES string of the molecule is Cc1ccc(S[C@H]2CN(C)C[C@@H](Sc3ccc(C)cc3)C2c2ccc(OCCCOCc3ccccc3)cc2)cc1. The Morgan fingerprint density at radius 2 is 1.24 bits per heavy atom. The van der Waals surface area contributed by atoms with Gasteiger partial charge in [-0.05, 0) is 68.4 Å². The van der Waals surface area contributed by atoms with E-state index in [0.717, 1.165) is 25.3 Å². The average molecular weight is 584 g/mol. The van der Waals surface area contributed by atoms with E-state index >= 15 is 0 Å². The first-order chi connectivity index (χ1) is 20.0. The standard InChI is InChI=1S/C36H41NO2S2/c1-27-10-18-32(19-11-27)40-34-24-37(3)25-35(41-33-20-12-28(2)13-21-33)36(34)30-14-16-31(17-15-30)39-23-7-22-38-26-29-8-5-4-6-9-29/h4-6,8-21,34-36H,7,22-26H2,1-3H3/t34-,35+,36?. The minimum atomic E-state index is 0.421. The molecule has 1 heterocycles. The first kappa shape index (κ1) is 29.8. The molecule has 1 unspecified atom stereocenters. The third-order valence-corrected chi connectivity index (χ3v) is 10.1. The van der Waals surface area contributed by atoms with Gasteiger partial charge in [0.05, 0.1) is 19.8 Å². The fourth-order valence-corrected chi connectivity index (χ4v) is 8.32. The highest BCUT2D eigenvalue weighted by Crippen LogP contribution is 2.45. The number of hydrogen-bond donors (Lipinski definition) is 0. The van der Waals surface area contributed by atoms with E-state index in [1.165, 1.54) is 32.0 Å². The largest absolute Gasteiger partial charge is 0.494 e. The molecule has 1 aliphatic heterocycles. The zero-order chi connectivity index (χ0) is 28.4. The van der Waals surface area contributed by atoms with Gasteiger partial charge in [0, 0.05) is 45.7 Å². The fourth-order valence-electron chi connectivity index (χ4n) is 5.29. The molecular formula is C36H41NO2S2. The lowest BCUT2D eigenvalue weighted by Crippen LogP contribution is -2.46. The predicted octanol–water partition coefficient (Wildman–Crippen LogP) is 8.64. The molecule has 3 atom stereocenters. The Labute approximate surface area is 254 Å². The van der Waals surface area contributed by atoms with Gasteiger partial charge in [-0.3, -0.25) is 0 Å². The van der Waals surface area contributed by atoms with Crippen LogP contribution in [0.2, 0.25) is 0 Å². The van der Waals surface area contributed by atoms with Crippen LogP contribution >= 0.6 is 23.5 Å². The van der Waals surface area contributed by atoms with Gasteiger partial charge in [-0.2, -0.15) is 0 Å². The summed E-state index contributed by atoms with van der Waals surface area (Å²) < 4.78 is 11.9. The lowest BCUT2D eigenvalue weighted by Gasteiger charge is -2.42. The van der Waals surface area contributed by atoms with Gasteiger partial charge in [0.1, 0.15) is 5.75 Å². The number of hydrogen-bond acceptors (Lipinski definition) is 5. The van der Waals surface area contributed by atoms with E-state index in [9.17, 15) is 0 Å². The van der Waals surface area contributed by atoms with Crippen LogP contribution in [-0.2, 0) is 11.3 Å². The topological polar surface area (TPSA) is 21.7 Å². The Bertz CT molecular complexity index is 1270. The van der Waals surface area contributed by atoms with Crippen LogP contribution in [0.25, 0.3) is 0 Å². The summed E-state index contributed by atoms with van der Waals surface area (Å²) in [6.07, 6.45) is 0.869. The molecular weight excluding hydrogens is 543 g/mol. The minimum Gasteiger partial charge on any atom is -0.494 e. The van der Waals surface area contributed by atoms with Crippen LogP contribution in [-0.4, -0.2) is 48.8 Å². The average Bonchev–Trinajstić information content (AvgIpc) is 2.98. The summed E-state index contributed by atoms with van der Waals surface area (Å²) >= 11 is 4.04. The van der Waals surface area contributed by atoms with E-state index in [-0.39, 0.29) is 0 Å². The molecule has 0 spiro atoms. The Kier molecular flexibility index (Phi) is 10.9. The minimum absolute atomic E-state index is 0.421. The maximum Gasteiger partial charge on any atom is 0.119 e. The predicted molar refractivity (Wildman–Crippen MR) is 175 cm³/mol. The smallest absolute Gasteiger partial charge is 0.119 e. The quantitative estimate of drug-likeness (QED) is 0.155. The van der Waals surface area contributed by atoms with Crippen LogP contribution in [0.1, 0.15) is 34.6 Å². The summed E-state index contributed by atoms with van der Waals surface area (Å²) in [4.78, 5) is 5.19. The number of benzene rings is 4. The molecule has 1 aliphatic rings. The lowest BCUT2D eigenvalue weighted by atomic mass is 9.88. The number of ether oxygens (including phenoxy) is 2. The number of rotatable bonds is 12. The van der Waals surface area contributed by atoms with Crippen molar-refractivity contribution in [3.8, 4) is 5.75 Å². The van der Waals surface area contributed by atoms with Crippen molar-refractivity contribution in [3.63, 3.8) is 0 Å². The number of nitrogens with zero attached hydrogens (tertiary/aromatic N) is 1. The molecule has 5 rings (SSSR count). The molecule has 1 saturated heterocycles. The van der Waals surface area contributed by atoms with Gasteiger partial charge in [-0.15, -0.1) is 23.5 Å². The van der Waals surface area contributed by atoms with E-state index < -0.39 is 0 Å². The van der Waals surface area contributed by atoms with E-state index in [0.29, 0.717) is 36.2 Å². The number of likely N-dealkylation sites (tertiary alicyclic amines) is 1. The van der Waals surface area contributed by atoms with E-state index in [1.54, 1.807) is 0 Å². The van der Waals surface area contributed by atoms with E-state index in [2.05, 4.69) is 111 Å². The second-order valence-corrected chi connectivity index (χ2v) is 13.6. The molecule has 5 heteroatoms. The van der Waals surface area contributed by atoms with Gasteiger partial charge in [-0.1, -0.05) is 77.9 Å². The number of piperidine rings is 1. The van der Waals surface area contributed by atoms with Crippen LogP contribution in [0.5, 0.6) is 5.75 Å². The molecule has 3 nitrogen and oxygen atoms in total. The molecule has 0 N–H and O–H groups in total. The number of thioether (sulfide) groups is 2. The molecule has 4 aromatic carbocycles. The van der Waals surface area contributed by atoms with Gasteiger partial charge in [-0.25, -0.2) is 0 Å². The van der Waals surface area contributed by atoms with E-state index in [4.69, 9.17) is 9.47 Å². The summed E-state index contributed by atoms with van der Waals surface area (Å²) in [6, 6.07) is 37.2. The van der Waals surface area contributed by atoms with Gasteiger partial charge in [0.2, 0.25) is 0 Å². The third kappa shape index (κ3) is 8.89. The van der Waals surface area contributed by atoms with Crippen LogP contribution in [0.4, 0.5) is 0 Å². The molecule has 0 radical (unpaired) electrons. The number of aryl methyl sites for hydroxylation is 2. The molecule has 0 bridgehead atoms. The Hall–Kier alpha value is -2.70. The second-order valence-electron chi connectivity index (χ2n) is 11.0. The lowest BCUT2D eigenvalue weighted by molar-refractivity contribution is 0.107. The maximum atomic E-state index is 6.09. The van der Waals surface area contributed by atoms with Crippen molar-refractivity contribution in [1.82, 2.24) is 4.90 Å². The summed E-state index contributed by atoms with van der Waals surface area (Å²) in [5.74, 6) is 1.35. The van der Waals surface area contributed by atoms with Crippen molar-refractivity contribution in [3.05, 3.63) is 125 Å².